The van der Waals surface area contributed by atoms with Crippen LogP contribution in [0.1, 0.15) is 16.8 Å². The van der Waals surface area contributed by atoms with E-state index >= 15 is 0 Å². The van der Waals surface area contributed by atoms with Crippen molar-refractivity contribution in [3.8, 4) is 11.3 Å². The highest BCUT2D eigenvalue weighted by Crippen LogP contribution is 2.19. The van der Waals surface area contributed by atoms with Crippen LogP contribution in [0.3, 0.4) is 0 Å². The molecule has 0 spiro atoms. The monoisotopic (exact) mass is 327 g/mol. The normalized spacial score (nSPS) is 11.0. The topological polar surface area (TPSA) is 116 Å². The molecule has 0 aliphatic heterocycles. The average Bonchev–Trinajstić information content (AvgIpc) is 2.90. The van der Waals surface area contributed by atoms with Gasteiger partial charge in [0.2, 0.25) is 5.91 Å². The minimum Gasteiger partial charge on any atom is -0.385 e. The quantitative estimate of drug-likeness (QED) is 0.653. The minimum atomic E-state index is -0.511. The van der Waals surface area contributed by atoms with E-state index in [9.17, 15) is 9.59 Å². The van der Waals surface area contributed by atoms with Crippen LogP contribution < -0.4 is 11.4 Å². The van der Waals surface area contributed by atoms with Crippen molar-refractivity contribution >= 4 is 17.2 Å². The fourth-order valence-corrected chi connectivity index (χ4v) is 2.47. The van der Waals surface area contributed by atoms with E-state index in [0.717, 1.165) is 0 Å². The van der Waals surface area contributed by atoms with E-state index in [0.29, 0.717) is 47.7 Å². The third-order valence-corrected chi connectivity index (χ3v) is 3.65. The van der Waals surface area contributed by atoms with E-state index in [4.69, 9.17) is 10.5 Å². The molecule has 0 unspecified atom stereocenters. The maximum absolute atomic E-state index is 12.0. The Morgan fingerprint density at radius 1 is 1.42 bits per heavy atom. The van der Waals surface area contributed by atoms with Crippen LogP contribution in [-0.2, 0) is 11.3 Å². The number of methoxy groups -OCH3 is 1. The molecule has 2 heterocycles. The van der Waals surface area contributed by atoms with Crippen molar-refractivity contribution in [2.24, 2.45) is 5.73 Å². The van der Waals surface area contributed by atoms with Crippen LogP contribution in [0.25, 0.3) is 22.6 Å². The highest BCUT2D eigenvalue weighted by atomic mass is 16.5. The molecule has 1 amide bonds. The van der Waals surface area contributed by atoms with Crippen LogP contribution in [0.5, 0.6) is 0 Å². The number of aromatic nitrogens is 4. The third kappa shape index (κ3) is 3.04. The third-order valence-electron chi connectivity index (χ3n) is 3.65. The lowest BCUT2D eigenvalue weighted by molar-refractivity contribution is 0.100. The van der Waals surface area contributed by atoms with Crippen LogP contribution in [0.2, 0.25) is 0 Å². The second-order valence-corrected chi connectivity index (χ2v) is 5.30. The van der Waals surface area contributed by atoms with Gasteiger partial charge in [0.15, 0.2) is 11.3 Å². The molecule has 1 aromatic carbocycles. The Hall–Kier alpha value is -3.00. The number of carbonyl (C=O) groups excluding carboxylic acids is 1. The highest BCUT2D eigenvalue weighted by Gasteiger charge is 2.11. The predicted molar refractivity (Wildman–Crippen MR) is 88.6 cm³/mol. The first kappa shape index (κ1) is 15.9. The molecule has 3 aromatic rings. The van der Waals surface area contributed by atoms with Gasteiger partial charge in [0.05, 0.1) is 11.9 Å². The average molecular weight is 327 g/mol. The molecule has 0 saturated carbocycles. The molecule has 0 atom stereocenters. The Kier molecular flexibility index (Phi) is 4.39. The molecule has 0 aliphatic carbocycles. The maximum Gasteiger partial charge on any atom is 0.328 e. The number of nitrogens with one attached hydrogen (secondary N) is 1. The van der Waals surface area contributed by atoms with E-state index in [1.807, 2.05) is 0 Å². The van der Waals surface area contributed by atoms with E-state index in [1.54, 1.807) is 37.6 Å². The molecular weight excluding hydrogens is 310 g/mol. The smallest absolute Gasteiger partial charge is 0.328 e. The standard InChI is InChI=1S/C16H17N5O3/c1-24-7-3-6-21-15-14(20-16(21)23)19-12(9-18-15)10-4-2-5-11(8-10)13(17)22/h2,4-5,8-9H,3,6-7H2,1H3,(H2,17,22)(H,19,20,23). The van der Waals surface area contributed by atoms with Crippen molar-refractivity contribution in [3.63, 3.8) is 0 Å². The van der Waals surface area contributed by atoms with Gasteiger partial charge in [-0.2, -0.15) is 0 Å². The Morgan fingerprint density at radius 3 is 3.00 bits per heavy atom. The van der Waals surface area contributed by atoms with Gasteiger partial charge in [0.25, 0.3) is 0 Å². The van der Waals surface area contributed by atoms with Gasteiger partial charge in [-0.25, -0.2) is 14.8 Å². The van der Waals surface area contributed by atoms with Crippen LogP contribution in [-0.4, -0.2) is 39.1 Å². The summed E-state index contributed by atoms with van der Waals surface area (Å²) in [5, 5.41) is 0. The number of nitrogens with two attached hydrogens (primary N) is 1. The van der Waals surface area contributed by atoms with Crippen molar-refractivity contribution in [3.05, 3.63) is 46.5 Å². The molecule has 0 aliphatic rings. The lowest BCUT2D eigenvalue weighted by atomic mass is 10.1. The fourth-order valence-electron chi connectivity index (χ4n) is 2.47. The van der Waals surface area contributed by atoms with Crippen LogP contribution in [0.15, 0.2) is 35.3 Å². The molecule has 3 rings (SSSR count). The largest absolute Gasteiger partial charge is 0.385 e. The van der Waals surface area contributed by atoms with Gasteiger partial charge in [-0.05, 0) is 18.6 Å². The minimum absolute atomic E-state index is 0.260. The number of hydrogen-bond donors (Lipinski definition) is 2. The molecule has 8 heteroatoms. The molecule has 8 nitrogen and oxygen atoms in total. The zero-order valence-corrected chi connectivity index (χ0v) is 13.2. The van der Waals surface area contributed by atoms with Gasteiger partial charge >= 0.3 is 5.69 Å². The molecule has 124 valence electrons. The van der Waals surface area contributed by atoms with Gasteiger partial charge < -0.3 is 10.5 Å². The van der Waals surface area contributed by atoms with E-state index in [-0.39, 0.29) is 5.69 Å². The van der Waals surface area contributed by atoms with Gasteiger partial charge in [-0.1, -0.05) is 12.1 Å². The molecule has 0 radical (unpaired) electrons. The number of nitrogens with zero attached hydrogens (tertiary/aromatic N) is 3. The summed E-state index contributed by atoms with van der Waals surface area (Å²) in [4.78, 5) is 34.8. The summed E-state index contributed by atoms with van der Waals surface area (Å²) in [7, 11) is 1.62. The van der Waals surface area contributed by atoms with Gasteiger partial charge in [0, 0.05) is 31.4 Å². The lowest BCUT2D eigenvalue weighted by Crippen LogP contribution is -2.17. The zero-order valence-electron chi connectivity index (χ0n) is 13.2. The summed E-state index contributed by atoms with van der Waals surface area (Å²) in [5.41, 5.74) is 7.57. The van der Waals surface area contributed by atoms with E-state index < -0.39 is 5.91 Å². The summed E-state index contributed by atoms with van der Waals surface area (Å²) >= 11 is 0. The van der Waals surface area contributed by atoms with Gasteiger partial charge in [0.1, 0.15) is 0 Å². The summed E-state index contributed by atoms with van der Waals surface area (Å²) in [6, 6.07) is 6.80. The lowest BCUT2D eigenvalue weighted by Gasteiger charge is -2.04. The number of aryl methyl sites for hydroxylation is 1. The number of imidazole rings is 1. The summed E-state index contributed by atoms with van der Waals surface area (Å²) in [6.07, 6.45) is 2.27. The first-order valence-electron chi connectivity index (χ1n) is 7.45. The number of ether oxygens (including phenoxy) is 1. The Bertz CT molecular complexity index is 944. The second-order valence-electron chi connectivity index (χ2n) is 5.30. The highest BCUT2D eigenvalue weighted by molar-refractivity contribution is 5.94. The van der Waals surface area contributed by atoms with Crippen LogP contribution >= 0.6 is 0 Å². The molecule has 0 fully saturated rings. The number of hydrogen-bond acceptors (Lipinski definition) is 5. The Morgan fingerprint density at radius 2 is 2.25 bits per heavy atom. The molecular formula is C16H17N5O3. The fraction of sp³-hybridized carbons (Fsp3) is 0.250. The van der Waals surface area contributed by atoms with E-state index in [2.05, 4.69) is 15.0 Å². The number of carbonyl (C=O) groups is 1. The first-order chi connectivity index (χ1) is 11.6. The van der Waals surface area contributed by atoms with Crippen LogP contribution in [0.4, 0.5) is 0 Å². The molecule has 0 saturated heterocycles. The predicted octanol–water partition coefficient (Wildman–Crippen LogP) is 0.922. The van der Waals surface area contributed by atoms with Crippen LogP contribution in [0, 0.1) is 0 Å². The van der Waals surface area contributed by atoms with E-state index in [1.165, 1.54) is 4.57 Å². The number of primary amides is 1. The Labute approximate surface area is 137 Å². The SMILES string of the molecule is COCCCn1c(=O)[nH]c2nc(-c3cccc(C(N)=O)c3)cnc21. The van der Waals surface area contributed by atoms with Gasteiger partial charge in [-0.3, -0.25) is 14.3 Å². The Balaban J connectivity index is 1.99. The second kappa shape index (κ2) is 6.63. The van der Waals surface area contributed by atoms with Crippen molar-refractivity contribution in [2.45, 2.75) is 13.0 Å². The number of amides is 1. The number of benzene rings is 1. The van der Waals surface area contributed by atoms with Crippen molar-refractivity contribution in [2.75, 3.05) is 13.7 Å². The van der Waals surface area contributed by atoms with Gasteiger partial charge in [-0.15, -0.1) is 0 Å². The maximum atomic E-state index is 12.0. The molecule has 3 N–H and O–H groups in total. The number of rotatable bonds is 6. The molecule has 2 aromatic heterocycles. The number of H-pyrrole nitrogens is 1. The molecule has 24 heavy (non-hydrogen) atoms. The summed E-state index contributed by atoms with van der Waals surface area (Å²) in [5.74, 6) is -0.511. The summed E-state index contributed by atoms with van der Waals surface area (Å²) < 4.78 is 6.53. The zero-order chi connectivity index (χ0) is 17.1. The number of aromatic amines is 1. The van der Waals surface area contributed by atoms with Crippen molar-refractivity contribution < 1.29 is 9.53 Å². The molecule has 0 bridgehead atoms. The van der Waals surface area contributed by atoms with Crippen molar-refractivity contribution in [1.82, 2.24) is 19.5 Å². The summed E-state index contributed by atoms with van der Waals surface area (Å²) in [6.45, 7) is 1.06. The van der Waals surface area contributed by atoms with Crippen molar-refractivity contribution in [1.29, 1.82) is 0 Å². The number of fused-ring (bicyclic) bond motifs is 1. The first-order valence-corrected chi connectivity index (χ1v) is 7.45.